The van der Waals surface area contributed by atoms with Crippen molar-refractivity contribution in [3.63, 3.8) is 0 Å². The Morgan fingerprint density at radius 3 is 2.63 bits per heavy atom. The zero-order valence-electron chi connectivity index (χ0n) is 11.1. The molecule has 3 nitrogen and oxygen atoms in total. The third kappa shape index (κ3) is 2.29. The van der Waals surface area contributed by atoms with Crippen LogP contribution in [-0.4, -0.2) is 17.9 Å². The van der Waals surface area contributed by atoms with E-state index in [2.05, 4.69) is 11.4 Å². The molecule has 2 heterocycles. The van der Waals surface area contributed by atoms with Crippen molar-refractivity contribution in [2.24, 2.45) is 5.92 Å². The van der Waals surface area contributed by atoms with Crippen molar-refractivity contribution < 1.29 is 4.79 Å². The van der Waals surface area contributed by atoms with Crippen molar-refractivity contribution in [1.82, 2.24) is 5.32 Å². The van der Waals surface area contributed by atoms with Gasteiger partial charge in [-0.25, -0.2) is 0 Å². The Morgan fingerprint density at radius 2 is 2.00 bits per heavy atom. The van der Waals surface area contributed by atoms with Gasteiger partial charge >= 0.3 is 0 Å². The Bertz CT molecular complexity index is 546. The van der Waals surface area contributed by atoms with Gasteiger partial charge in [0.1, 0.15) is 0 Å². The van der Waals surface area contributed by atoms with Crippen LogP contribution in [-0.2, 0) is 0 Å². The highest BCUT2D eigenvalue weighted by Gasteiger charge is 2.36. The van der Waals surface area contributed by atoms with E-state index >= 15 is 0 Å². The molecule has 0 aromatic heterocycles. The largest absolute Gasteiger partial charge is 0.311 e. The minimum absolute atomic E-state index is 0.132. The number of ketones is 1. The topological polar surface area (TPSA) is 52.9 Å². The Kier molecular flexibility index (Phi) is 3.12. The fourth-order valence-corrected chi connectivity index (χ4v) is 3.40. The minimum atomic E-state index is 0.132. The summed E-state index contributed by atoms with van der Waals surface area (Å²) in [5, 5.41) is 12.6. The molecule has 2 fully saturated rings. The van der Waals surface area contributed by atoms with Crippen molar-refractivity contribution in [2.75, 3.05) is 0 Å². The summed E-state index contributed by atoms with van der Waals surface area (Å²) in [5.41, 5.74) is 2.25. The molecule has 0 radical (unpaired) electrons. The molecule has 1 aromatic carbocycles. The van der Waals surface area contributed by atoms with Crippen LogP contribution < -0.4 is 5.32 Å². The number of nitrogens with one attached hydrogen (secondary N) is 1. The van der Waals surface area contributed by atoms with E-state index in [-0.39, 0.29) is 11.7 Å². The summed E-state index contributed by atoms with van der Waals surface area (Å²) in [5.74, 6) is 0.350. The van der Waals surface area contributed by atoms with Gasteiger partial charge in [0.2, 0.25) is 0 Å². The maximum atomic E-state index is 12.6. The lowest BCUT2D eigenvalue weighted by Crippen LogP contribution is -2.40. The first-order valence-corrected chi connectivity index (χ1v) is 6.98. The lowest BCUT2D eigenvalue weighted by Gasteiger charge is -2.28. The molecular formula is C16H18N2O. The normalized spacial score (nSPS) is 28.9. The number of nitrogens with zero attached hydrogens (tertiary/aromatic N) is 1. The minimum Gasteiger partial charge on any atom is -0.311 e. The molecule has 0 saturated carbocycles. The molecule has 1 N–H and O–H groups in total. The van der Waals surface area contributed by atoms with Crippen molar-refractivity contribution >= 4 is 5.78 Å². The predicted octanol–water partition coefficient (Wildman–Crippen LogP) is 2.58. The second-order valence-electron chi connectivity index (χ2n) is 5.81. The molecule has 0 aliphatic carbocycles. The number of hydrogen-bond acceptors (Lipinski definition) is 3. The third-order valence-electron chi connectivity index (χ3n) is 4.49. The van der Waals surface area contributed by atoms with Gasteiger partial charge in [-0.2, -0.15) is 5.26 Å². The molecule has 1 aromatic rings. The highest BCUT2D eigenvalue weighted by Crippen LogP contribution is 2.33. The summed E-state index contributed by atoms with van der Waals surface area (Å²) in [7, 11) is 0. The second kappa shape index (κ2) is 4.79. The SMILES string of the molecule is Cc1ccc(C(=O)C2CC3CCC(C2)N3)cc1C#N. The number of rotatable bonds is 2. The van der Waals surface area contributed by atoms with Crippen LogP contribution in [0.1, 0.15) is 47.2 Å². The first kappa shape index (κ1) is 12.4. The van der Waals surface area contributed by atoms with E-state index in [1.54, 1.807) is 6.07 Å². The zero-order chi connectivity index (χ0) is 13.4. The van der Waals surface area contributed by atoms with E-state index in [4.69, 9.17) is 5.26 Å². The fourth-order valence-electron chi connectivity index (χ4n) is 3.40. The zero-order valence-corrected chi connectivity index (χ0v) is 11.1. The molecule has 2 bridgehead atoms. The van der Waals surface area contributed by atoms with Gasteiger partial charge in [-0.15, -0.1) is 0 Å². The molecule has 2 saturated heterocycles. The van der Waals surface area contributed by atoms with Crippen LogP contribution in [0, 0.1) is 24.2 Å². The summed E-state index contributed by atoms with van der Waals surface area (Å²) in [6.07, 6.45) is 4.30. The molecule has 3 heteroatoms. The number of carbonyl (C=O) groups excluding carboxylic acids is 1. The van der Waals surface area contributed by atoms with Crippen LogP contribution in [0.3, 0.4) is 0 Å². The van der Waals surface area contributed by atoms with Crippen molar-refractivity contribution in [3.05, 3.63) is 34.9 Å². The van der Waals surface area contributed by atoms with Crippen molar-refractivity contribution in [1.29, 1.82) is 5.26 Å². The van der Waals surface area contributed by atoms with E-state index in [9.17, 15) is 4.79 Å². The van der Waals surface area contributed by atoms with Crippen LogP contribution >= 0.6 is 0 Å². The molecule has 2 aliphatic rings. The number of fused-ring (bicyclic) bond motifs is 2. The molecule has 2 unspecified atom stereocenters. The predicted molar refractivity (Wildman–Crippen MR) is 72.9 cm³/mol. The number of hydrogen-bond donors (Lipinski definition) is 1. The van der Waals surface area contributed by atoms with Crippen LogP contribution in [0.2, 0.25) is 0 Å². The Balaban J connectivity index is 1.82. The quantitative estimate of drug-likeness (QED) is 0.825. The second-order valence-corrected chi connectivity index (χ2v) is 5.81. The molecule has 0 amide bonds. The monoisotopic (exact) mass is 254 g/mol. The first-order chi connectivity index (χ1) is 9.17. The van der Waals surface area contributed by atoms with E-state index in [1.165, 1.54) is 12.8 Å². The van der Waals surface area contributed by atoms with E-state index < -0.39 is 0 Å². The van der Waals surface area contributed by atoms with Crippen molar-refractivity contribution in [3.8, 4) is 6.07 Å². The molecule has 0 spiro atoms. The van der Waals surface area contributed by atoms with Gasteiger partial charge in [0, 0.05) is 23.6 Å². The van der Waals surface area contributed by atoms with Gasteiger partial charge in [0.25, 0.3) is 0 Å². The lowest BCUT2D eigenvalue weighted by atomic mass is 9.85. The van der Waals surface area contributed by atoms with Crippen LogP contribution in [0.25, 0.3) is 0 Å². The molecule has 3 rings (SSSR count). The summed E-state index contributed by atoms with van der Waals surface area (Å²) in [4.78, 5) is 12.6. The van der Waals surface area contributed by atoms with E-state index in [0.717, 1.165) is 18.4 Å². The van der Waals surface area contributed by atoms with Gasteiger partial charge < -0.3 is 5.32 Å². The number of carbonyl (C=O) groups is 1. The number of Topliss-reactive ketones (excluding diaryl/α,β-unsaturated/α-hetero) is 1. The standard InChI is InChI=1S/C16H18N2O/c1-10-2-3-11(6-13(10)9-17)16(19)12-7-14-4-5-15(8-12)18-14/h2-3,6,12,14-15,18H,4-5,7-8H2,1H3. The highest BCUT2D eigenvalue weighted by molar-refractivity contribution is 5.98. The third-order valence-corrected chi connectivity index (χ3v) is 4.49. The van der Waals surface area contributed by atoms with E-state index in [0.29, 0.717) is 23.2 Å². The average Bonchev–Trinajstić information content (AvgIpc) is 2.77. The maximum Gasteiger partial charge on any atom is 0.166 e. The van der Waals surface area contributed by atoms with Gasteiger partial charge in [-0.3, -0.25) is 4.79 Å². The summed E-state index contributed by atoms with van der Waals surface area (Å²) in [6.45, 7) is 1.90. The number of piperidine rings is 1. The van der Waals surface area contributed by atoms with E-state index in [1.807, 2.05) is 19.1 Å². The Morgan fingerprint density at radius 1 is 1.32 bits per heavy atom. The fraction of sp³-hybridized carbons (Fsp3) is 0.500. The van der Waals surface area contributed by atoms with Gasteiger partial charge in [0.05, 0.1) is 11.6 Å². The van der Waals surface area contributed by atoms with Crippen LogP contribution in [0.5, 0.6) is 0 Å². The summed E-state index contributed by atoms with van der Waals surface area (Å²) >= 11 is 0. The van der Waals surface area contributed by atoms with Crippen molar-refractivity contribution in [2.45, 2.75) is 44.7 Å². The van der Waals surface area contributed by atoms with Crippen LogP contribution in [0.15, 0.2) is 18.2 Å². The molecule has 2 atom stereocenters. The van der Waals surface area contributed by atoms with Gasteiger partial charge in [-0.1, -0.05) is 12.1 Å². The molecule has 98 valence electrons. The van der Waals surface area contributed by atoms with Gasteiger partial charge in [-0.05, 0) is 44.2 Å². The highest BCUT2D eigenvalue weighted by atomic mass is 16.1. The number of aryl methyl sites for hydroxylation is 1. The maximum absolute atomic E-state index is 12.6. The lowest BCUT2D eigenvalue weighted by molar-refractivity contribution is 0.0875. The Labute approximate surface area is 113 Å². The molecule has 2 aliphatic heterocycles. The van der Waals surface area contributed by atoms with Crippen LogP contribution in [0.4, 0.5) is 0 Å². The number of nitriles is 1. The van der Waals surface area contributed by atoms with Gasteiger partial charge in [0.15, 0.2) is 5.78 Å². The Hall–Kier alpha value is -1.66. The summed E-state index contributed by atoms with van der Waals surface area (Å²) < 4.78 is 0. The summed E-state index contributed by atoms with van der Waals surface area (Å²) in [6, 6.07) is 8.69. The average molecular weight is 254 g/mol. The smallest absolute Gasteiger partial charge is 0.166 e. The molecule has 19 heavy (non-hydrogen) atoms. The first-order valence-electron chi connectivity index (χ1n) is 6.98. The molecular weight excluding hydrogens is 236 g/mol. The number of benzene rings is 1.